The molecule has 0 saturated heterocycles. The molecule has 0 amide bonds. The van der Waals surface area contributed by atoms with Gasteiger partial charge in [-0.1, -0.05) is 12.1 Å². The van der Waals surface area contributed by atoms with E-state index < -0.39 is 0 Å². The predicted octanol–water partition coefficient (Wildman–Crippen LogP) is 1.80. The Morgan fingerprint density at radius 1 is 1.38 bits per heavy atom. The minimum atomic E-state index is -0.366. The summed E-state index contributed by atoms with van der Waals surface area (Å²) in [7, 11) is 1.65. The van der Waals surface area contributed by atoms with Crippen molar-refractivity contribution in [2.45, 2.75) is 12.5 Å². The first kappa shape index (κ1) is 10.4. The summed E-state index contributed by atoms with van der Waals surface area (Å²) in [5.41, 5.74) is 6.72. The van der Waals surface area contributed by atoms with Gasteiger partial charge in [-0.2, -0.15) is 12.6 Å². The Morgan fingerprint density at radius 2 is 1.92 bits per heavy atom. The van der Waals surface area contributed by atoms with Crippen LogP contribution in [0.3, 0.4) is 0 Å². The molecule has 1 atom stereocenters. The SMILES string of the molecule is COc1ccc(C(C)(N)CS)cc1. The molecule has 1 unspecified atom stereocenters. The van der Waals surface area contributed by atoms with E-state index in [1.807, 2.05) is 31.2 Å². The molecule has 0 aliphatic carbocycles. The topological polar surface area (TPSA) is 35.2 Å². The standard InChI is InChI=1S/C10H15NOS/c1-10(11,7-13)8-3-5-9(12-2)6-4-8/h3-6,13H,7,11H2,1-2H3. The van der Waals surface area contributed by atoms with E-state index >= 15 is 0 Å². The van der Waals surface area contributed by atoms with Crippen LogP contribution in [0.2, 0.25) is 0 Å². The quantitative estimate of drug-likeness (QED) is 0.725. The minimum Gasteiger partial charge on any atom is -0.497 e. The molecule has 72 valence electrons. The highest BCUT2D eigenvalue weighted by molar-refractivity contribution is 7.80. The fourth-order valence-electron chi connectivity index (χ4n) is 1.06. The number of thiol groups is 1. The van der Waals surface area contributed by atoms with Gasteiger partial charge in [0.05, 0.1) is 7.11 Å². The van der Waals surface area contributed by atoms with Gasteiger partial charge in [0.1, 0.15) is 5.75 Å². The van der Waals surface area contributed by atoms with E-state index in [0.717, 1.165) is 11.3 Å². The largest absolute Gasteiger partial charge is 0.497 e. The first-order valence-electron chi connectivity index (χ1n) is 4.14. The molecule has 0 aliphatic rings. The third-order valence-electron chi connectivity index (χ3n) is 2.08. The highest BCUT2D eigenvalue weighted by Crippen LogP contribution is 2.21. The minimum absolute atomic E-state index is 0.366. The van der Waals surface area contributed by atoms with Crippen LogP contribution in [0.4, 0.5) is 0 Å². The fourth-order valence-corrected chi connectivity index (χ4v) is 1.25. The summed E-state index contributed by atoms with van der Waals surface area (Å²) in [6.07, 6.45) is 0. The average Bonchev–Trinajstić information content (AvgIpc) is 2.18. The Bertz CT molecular complexity index is 269. The Kier molecular flexibility index (Phi) is 3.22. The lowest BCUT2D eigenvalue weighted by Gasteiger charge is -2.22. The van der Waals surface area contributed by atoms with E-state index in [9.17, 15) is 0 Å². The van der Waals surface area contributed by atoms with Gasteiger partial charge in [-0.3, -0.25) is 0 Å². The lowest BCUT2D eigenvalue weighted by Crippen LogP contribution is -2.34. The number of hydrogen-bond donors (Lipinski definition) is 2. The summed E-state index contributed by atoms with van der Waals surface area (Å²) in [6.45, 7) is 1.96. The molecular weight excluding hydrogens is 182 g/mol. The first-order valence-corrected chi connectivity index (χ1v) is 4.77. The zero-order chi connectivity index (χ0) is 9.90. The van der Waals surface area contributed by atoms with Crippen molar-refractivity contribution in [3.05, 3.63) is 29.8 Å². The second-order valence-corrected chi connectivity index (χ2v) is 3.62. The Balaban J connectivity index is 2.92. The highest BCUT2D eigenvalue weighted by atomic mass is 32.1. The van der Waals surface area contributed by atoms with Crippen molar-refractivity contribution in [1.29, 1.82) is 0 Å². The molecule has 2 N–H and O–H groups in total. The molecule has 0 heterocycles. The van der Waals surface area contributed by atoms with E-state index in [0.29, 0.717) is 5.75 Å². The van der Waals surface area contributed by atoms with E-state index in [2.05, 4.69) is 12.6 Å². The monoisotopic (exact) mass is 197 g/mol. The van der Waals surface area contributed by atoms with Crippen LogP contribution in [0.5, 0.6) is 5.75 Å². The Morgan fingerprint density at radius 3 is 2.31 bits per heavy atom. The second kappa shape index (κ2) is 4.03. The molecule has 0 aromatic heterocycles. The fraction of sp³-hybridized carbons (Fsp3) is 0.400. The van der Waals surface area contributed by atoms with Gasteiger partial charge >= 0.3 is 0 Å². The maximum absolute atomic E-state index is 6.01. The molecule has 3 heteroatoms. The molecule has 1 aromatic rings. The smallest absolute Gasteiger partial charge is 0.118 e. The van der Waals surface area contributed by atoms with Crippen LogP contribution >= 0.6 is 12.6 Å². The van der Waals surface area contributed by atoms with Crippen LogP contribution in [0.25, 0.3) is 0 Å². The summed E-state index contributed by atoms with van der Waals surface area (Å²) in [5.74, 6) is 1.47. The number of hydrogen-bond acceptors (Lipinski definition) is 3. The third-order valence-corrected chi connectivity index (χ3v) is 2.73. The summed E-state index contributed by atoms with van der Waals surface area (Å²) in [6, 6.07) is 7.75. The molecule has 0 radical (unpaired) electrons. The lowest BCUT2D eigenvalue weighted by molar-refractivity contribution is 0.414. The first-order chi connectivity index (χ1) is 6.10. The molecule has 1 rings (SSSR count). The van der Waals surface area contributed by atoms with Crippen molar-refractivity contribution in [2.75, 3.05) is 12.9 Å². The van der Waals surface area contributed by atoms with E-state index in [1.165, 1.54) is 0 Å². The van der Waals surface area contributed by atoms with E-state index in [1.54, 1.807) is 7.11 Å². The average molecular weight is 197 g/mol. The number of nitrogens with two attached hydrogens (primary N) is 1. The van der Waals surface area contributed by atoms with Crippen LogP contribution in [-0.4, -0.2) is 12.9 Å². The summed E-state index contributed by atoms with van der Waals surface area (Å²) in [4.78, 5) is 0. The molecule has 0 saturated carbocycles. The zero-order valence-electron chi connectivity index (χ0n) is 7.95. The molecule has 0 bridgehead atoms. The molecule has 13 heavy (non-hydrogen) atoms. The van der Waals surface area contributed by atoms with Gasteiger partial charge in [0, 0.05) is 11.3 Å². The van der Waals surface area contributed by atoms with Gasteiger partial charge in [-0.05, 0) is 24.6 Å². The molecule has 0 spiro atoms. The molecule has 0 aliphatic heterocycles. The number of ether oxygens (including phenoxy) is 1. The van der Waals surface area contributed by atoms with E-state index in [4.69, 9.17) is 10.5 Å². The van der Waals surface area contributed by atoms with Crippen LogP contribution < -0.4 is 10.5 Å². The van der Waals surface area contributed by atoms with Crippen molar-refractivity contribution in [1.82, 2.24) is 0 Å². The normalized spacial score (nSPS) is 15.1. The lowest BCUT2D eigenvalue weighted by atomic mass is 9.95. The van der Waals surface area contributed by atoms with Gasteiger partial charge in [0.25, 0.3) is 0 Å². The van der Waals surface area contributed by atoms with Gasteiger partial charge in [0.15, 0.2) is 0 Å². The third kappa shape index (κ3) is 2.39. The van der Waals surface area contributed by atoms with Crippen LogP contribution in [0.1, 0.15) is 12.5 Å². The van der Waals surface area contributed by atoms with Crippen molar-refractivity contribution >= 4 is 12.6 Å². The van der Waals surface area contributed by atoms with Crippen molar-refractivity contribution in [3.8, 4) is 5.75 Å². The van der Waals surface area contributed by atoms with Gasteiger partial charge < -0.3 is 10.5 Å². The molecular formula is C10H15NOS. The zero-order valence-corrected chi connectivity index (χ0v) is 8.84. The Hall–Kier alpha value is -0.670. The summed E-state index contributed by atoms with van der Waals surface area (Å²) < 4.78 is 5.06. The summed E-state index contributed by atoms with van der Waals surface area (Å²) in [5, 5.41) is 0. The highest BCUT2D eigenvalue weighted by Gasteiger charge is 2.18. The maximum atomic E-state index is 6.01. The maximum Gasteiger partial charge on any atom is 0.118 e. The van der Waals surface area contributed by atoms with Crippen LogP contribution in [-0.2, 0) is 5.54 Å². The summed E-state index contributed by atoms with van der Waals surface area (Å²) >= 11 is 4.21. The van der Waals surface area contributed by atoms with Gasteiger partial charge in [-0.25, -0.2) is 0 Å². The number of benzene rings is 1. The predicted molar refractivity (Wildman–Crippen MR) is 58.4 cm³/mol. The van der Waals surface area contributed by atoms with Crippen molar-refractivity contribution in [2.24, 2.45) is 5.73 Å². The van der Waals surface area contributed by atoms with Crippen LogP contribution in [0.15, 0.2) is 24.3 Å². The van der Waals surface area contributed by atoms with Gasteiger partial charge in [0.2, 0.25) is 0 Å². The van der Waals surface area contributed by atoms with E-state index in [-0.39, 0.29) is 5.54 Å². The Labute approximate surface area is 84.5 Å². The molecule has 0 fully saturated rings. The van der Waals surface area contributed by atoms with Crippen molar-refractivity contribution < 1.29 is 4.74 Å². The number of rotatable bonds is 3. The second-order valence-electron chi connectivity index (χ2n) is 3.30. The van der Waals surface area contributed by atoms with Crippen LogP contribution in [0, 0.1) is 0 Å². The van der Waals surface area contributed by atoms with Gasteiger partial charge in [-0.15, -0.1) is 0 Å². The number of methoxy groups -OCH3 is 1. The molecule has 1 aromatic carbocycles. The molecule has 2 nitrogen and oxygen atoms in total. The van der Waals surface area contributed by atoms with Crippen molar-refractivity contribution in [3.63, 3.8) is 0 Å².